The van der Waals surface area contributed by atoms with Crippen LogP contribution in [-0.2, 0) is 0 Å². The number of hydrogen-bond acceptors (Lipinski definition) is 0. The van der Waals surface area contributed by atoms with Gasteiger partial charge in [0.2, 0.25) is 0 Å². The third-order valence-corrected chi connectivity index (χ3v) is 4.83. The maximum absolute atomic E-state index is 3.63. The maximum Gasteiger partial charge on any atom is -0.0348 e. The molecule has 0 heterocycles. The van der Waals surface area contributed by atoms with Crippen molar-refractivity contribution in [2.24, 2.45) is 0 Å². The van der Waals surface area contributed by atoms with E-state index in [4.69, 9.17) is 0 Å². The smallest absolute Gasteiger partial charge is 0.0348 e. The van der Waals surface area contributed by atoms with Gasteiger partial charge in [0, 0.05) is 0 Å². The molecule has 0 N–H and O–H groups in total. The molecule has 0 rings (SSSR count). The summed E-state index contributed by atoms with van der Waals surface area (Å²) in [7, 11) is 0. The summed E-state index contributed by atoms with van der Waals surface area (Å²) in [5.41, 5.74) is 0. The minimum Gasteiger partial charge on any atom is -0.0991 e. The van der Waals surface area contributed by atoms with E-state index in [0.717, 1.165) is 0 Å². The van der Waals surface area contributed by atoms with Crippen LogP contribution >= 0.6 is 0 Å². The molecule has 0 atom stereocenters. The van der Waals surface area contributed by atoms with Crippen molar-refractivity contribution in [2.75, 3.05) is 0 Å². The van der Waals surface area contributed by atoms with Crippen LogP contribution in [0.5, 0.6) is 0 Å². The zero-order chi connectivity index (χ0) is 21.8. The van der Waals surface area contributed by atoms with Crippen LogP contribution in [0.15, 0.2) is 97.7 Å². The molecule has 0 spiro atoms. The molecule has 0 nitrogen and oxygen atoms in total. The monoisotopic (exact) mass is 406 g/mol. The molecule has 0 heteroatoms. The van der Waals surface area contributed by atoms with Crippen molar-refractivity contribution in [1.29, 1.82) is 0 Å². The highest BCUT2D eigenvalue weighted by Gasteiger charge is 1.92. The number of allylic oxidation sites excluding steroid dienone is 15. The molecule has 0 aromatic carbocycles. The first-order valence-corrected chi connectivity index (χ1v) is 12.2. The summed E-state index contributed by atoms with van der Waals surface area (Å²) in [5, 5.41) is 0. The first kappa shape index (κ1) is 27.9. The highest BCUT2D eigenvalue weighted by Crippen LogP contribution is 2.12. The molecule has 166 valence electrons. The van der Waals surface area contributed by atoms with E-state index >= 15 is 0 Å². The predicted octanol–water partition coefficient (Wildman–Crippen LogP) is 10.2. The molecule has 0 aromatic rings. The van der Waals surface area contributed by atoms with Gasteiger partial charge in [-0.2, -0.15) is 0 Å². The molecular formula is C30H46. The van der Waals surface area contributed by atoms with E-state index in [2.05, 4.69) is 43.9 Å². The highest BCUT2D eigenvalue weighted by molar-refractivity contribution is 5.21. The van der Waals surface area contributed by atoms with E-state index in [0.29, 0.717) is 0 Å². The molecule has 0 aliphatic heterocycles. The van der Waals surface area contributed by atoms with Gasteiger partial charge in [0.05, 0.1) is 0 Å². The van der Waals surface area contributed by atoms with Gasteiger partial charge >= 0.3 is 0 Å². The minimum absolute atomic E-state index is 1.20. The fourth-order valence-electron chi connectivity index (χ4n) is 3.06. The lowest BCUT2D eigenvalue weighted by Crippen LogP contribution is -1.82. The Morgan fingerprint density at radius 3 is 1.13 bits per heavy atom. The topological polar surface area (TPSA) is 0 Å². The molecule has 0 aliphatic rings. The molecule has 0 amide bonds. The largest absolute Gasteiger partial charge is 0.0991 e. The third kappa shape index (κ3) is 25.9. The Labute approximate surface area is 188 Å². The average Bonchev–Trinajstić information content (AvgIpc) is 2.76. The Morgan fingerprint density at radius 2 is 0.733 bits per heavy atom. The van der Waals surface area contributed by atoms with Crippen molar-refractivity contribution in [3.05, 3.63) is 97.7 Å². The van der Waals surface area contributed by atoms with Crippen LogP contribution in [0, 0.1) is 0 Å². The summed E-state index contributed by atoms with van der Waals surface area (Å²) >= 11 is 0. The van der Waals surface area contributed by atoms with E-state index in [1.165, 1.54) is 83.5 Å². The summed E-state index contributed by atoms with van der Waals surface area (Å²) in [5.74, 6) is 0. The van der Waals surface area contributed by atoms with Crippen molar-refractivity contribution in [2.45, 2.75) is 90.4 Å². The van der Waals surface area contributed by atoms with Gasteiger partial charge in [-0.25, -0.2) is 0 Å². The number of unbranched alkanes of at least 4 members (excludes halogenated alkanes) is 12. The Bertz CT molecular complexity index is 549. The summed E-state index contributed by atoms with van der Waals surface area (Å²) in [6.45, 7) is 5.91. The lowest BCUT2D eigenvalue weighted by atomic mass is 10.0. The standard InChI is InChI=1S/C30H46/c1-3-5-7-9-11-13-15-17-19-21-23-25-27-29-30-28-26-24-22-20-18-16-14-12-10-8-6-4-2/h3,5,7,9,11,13,15,17,19,21,23,25,27,29-30H,1,4,6,8,10,12,14,16,18,20,22,24,26,28H2,2H3. The fourth-order valence-corrected chi connectivity index (χ4v) is 3.06. The molecule has 0 aromatic heterocycles. The van der Waals surface area contributed by atoms with Gasteiger partial charge in [-0.3, -0.25) is 0 Å². The van der Waals surface area contributed by atoms with Gasteiger partial charge in [0.1, 0.15) is 0 Å². The average molecular weight is 407 g/mol. The van der Waals surface area contributed by atoms with Gasteiger partial charge in [-0.05, 0) is 12.8 Å². The zero-order valence-electron chi connectivity index (χ0n) is 19.6. The van der Waals surface area contributed by atoms with Crippen LogP contribution in [0.2, 0.25) is 0 Å². The van der Waals surface area contributed by atoms with Crippen LogP contribution in [0.1, 0.15) is 90.4 Å². The summed E-state index contributed by atoms with van der Waals surface area (Å²) < 4.78 is 0. The molecule has 0 bridgehead atoms. The van der Waals surface area contributed by atoms with Gasteiger partial charge in [0.15, 0.2) is 0 Å². The Kier molecular flexibility index (Phi) is 25.1. The first-order valence-electron chi connectivity index (χ1n) is 12.2. The molecule has 0 radical (unpaired) electrons. The van der Waals surface area contributed by atoms with Crippen molar-refractivity contribution in [3.8, 4) is 0 Å². The van der Waals surface area contributed by atoms with Gasteiger partial charge < -0.3 is 0 Å². The maximum atomic E-state index is 3.63. The van der Waals surface area contributed by atoms with Crippen molar-refractivity contribution in [3.63, 3.8) is 0 Å². The Balaban J connectivity index is 3.46. The molecule has 0 saturated carbocycles. The van der Waals surface area contributed by atoms with E-state index in [-0.39, 0.29) is 0 Å². The van der Waals surface area contributed by atoms with Crippen molar-refractivity contribution < 1.29 is 0 Å². The number of rotatable bonds is 20. The van der Waals surface area contributed by atoms with Crippen molar-refractivity contribution >= 4 is 0 Å². The molecule has 0 aliphatic carbocycles. The van der Waals surface area contributed by atoms with E-state index in [9.17, 15) is 0 Å². The molecule has 0 unspecified atom stereocenters. The van der Waals surface area contributed by atoms with Crippen LogP contribution in [0.3, 0.4) is 0 Å². The highest BCUT2D eigenvalue weighted by atomic mass is 14.0. The normalized spacial score (nSPS) is 13.1. The van der Waals surface area contributed by atoms with E-state index < -0.39 is 0 Å². The lowest BCUT2D eigenvalue weighted by molar-refractivity contribution is 0.545. The second-order valence-electron chi connectivity index (χ2n) is 7.65. The molecule has 0 fully saturated rings. The Morgan fingerprint density at radius 1 is 0.400 bits per heavy atom. The molecule has 30 heavy (non-hydrogen) atoms. The lowest BCUT2D eigenvalue weighted by Gasteiger charge is -2.02. The number of hydrogen-bond donors (Lipinski definition) is 0. The second kappa shape index (κ2) is 26.9. The first-order chi connectivity index (χ1) is 14.9. The van der Waals surface area contributed by atoms with Crippen LogP contribution < -0.4 is 0 Å². The minimum atomic E-state index is 1.20. The summed E-state index contributed by atoms with van der Waals surface area (Å²) in [6.07, 6.45) is 48.6. The van der Waals surface area contributed by atoms with Crippen molar-refractivity contribution in [1.82, 2.24) is 0 Å². The van der Waals surface area contributed by atoms with Crippen LogP contribution in [-0.4, -0.2) is 0 Å². The third-order valence-electron chi connectivity index (χ3n) is 4.83. The van der Waals surface area contributed by atoms with Gasteiger partial charge in [-0.1, -0.05) is 175 Å². The quantitative estimate of drug-likeness (QED) is 0.139. The van der Waals surface area contributed by atoms with Gasteiger partial charge in [-0.15, -0.1) is 0 Å². The summed E-state index contributed by atoms with van der Waals surface area (Å²) in [6, 6.07) is 0. The van der Waals surface area contributed by atoms with Crippen LogP contribution in [0.4, 0.5) is 0 Å². The van der Waals surface area contributed by atoms with Gasteiger partial charge in [0.25, 0.3) is 0 Å². The fraction of sp³-hybridized carbons (Fsp3) is 0.467. The van der Waals surface area contributed by atoms with Crippen LogP contribution in [0.25, 0.3) is 0 Å². The second-order valence-corrected chi connectivity index (χ2v) is 7.65. The SMILES string of the molecule is C=CC=CC=CC=CC=CC=CC=CC=CCCCCCCCCCCCCCC. The summed E-state index contributed by atoms with van der Waals surface area (Å²) in [4.78, 5) is 0. The Hall–Kier alpha value is -2.08. The van der Waals surface area contributed by atoms with E-state index in [1.54, 1.807) is 6.08 Å². The molecular weight excluding hydrogens is 360 g/mol. The zero-order valence-corrected chi connectivity index (χ0v) is 19.6. The molecule has 0 saturated heterocycles. The predicted molar refractivity (Wildman–Crippen MR) is 140 cm³/mol. The van der Waals surface area contributed by atoms with E-state index in [1.807, 2.05) is 54.7 Å².